The van der Waals surface area contributed by atoms with E-state index in [0.29, 0.717) is 29.3 Å². The van der Waals surface area contributed by atoms with Gasteiger partial charge in [-0.1, -0.05) is 19.9 Å². The van der Waals surface area contributed by atoms with Crippen molar-refractivity contribution in [1.82, 2.24) is 29.5 Å². The van der Waals surface area contributed by atoms with Crippen molar-refractivity contribution in [3.63, 3.8) is 0 Å². The quantitative estimate of drug-likeness (QED) is 0.550. The standard InChI is InChI=1S/C21H25N7O2/c1-12-23-18-15(30-12)10-27(11-21(18,2)3)9-8-16-24-19-13-6-5-7-14(29-4)17(13)25-20(22)28(19)26-16/h5-7H,8-11H2,1-4H3,(H2,22,25). The maximum atomic E-state index is 6.15. The number of aryl methyl sites for hydroxylation is 1. The molecule has 1 aliphatic rings. The van der Waals surface area contributed by atoms with Crippen LogP contribution in [0.4, 0.5) is 5.95 Å². The zero-order valence-corrected chi connectivity index (χ0v) is 17.6. The lowest BCUT2D eigenvalue weighted by Crippen LogP contribution is -2.42. The van der Waals surface area contributed by atoms with Crippen molar-refractivity contribution < 1.29 is 9.15 Å². The molecule has 0 spiro atoms. The molecule has 1 aromatic carbocycles. The Hall–Kier alpha value is -3.20. The molecule has 5 rings (SSSR count). The van der Waals surface area contributed by atoms with Gasteiger partial charge in [-0.15, -0.1) is 5.10 Å². The van der Waals surface area contributed by atoms with Crippen molar-refractivity contribution >= 4 is 22.5 Å². The first kappa shape index (κ1) is 18.8. The Labute approximate surface area is 173 Å². The molecule has 0 saturated carbocycles. The molecule has 0 aliphatic carbocycles. The predicted molar refractivity (Wildman–Crippen MR) is 112 cm³/mol. The number of nitrogens with two attached hydrogens (primary N) is 1. The fraction of sp³-hybridized carbons (Fsp3) is 0.429. The van der Waals surface area contributed by atoms with Crippen LogP contribution in [0.25, 0.3) is 16.6 Å². The number of ether oxygens (including phenoxy) is 1. The SMILES string of the molecule is COc1cccc2c1nc(N)n1nc(CCN3Cc4oc(C)nc4C(C)(C)C3)nc21. The molecule has 0 atom stereocenters. The van der Waals surface area contributed by atoms with E-state index in [4.69, 9.17) is 19.9 Å². The van der Waals surface area contributed by atoms with Crippen LogP contribution in [0.2, 0.25) is 0 Å². The molecule has 0 fully saturated rings. The van der Waals surface area contributed by atoms with E-state index in [1.165, 1.54) is 0 Å². The molecule has 30 heavy (non-hydrogen) atoms. The Morgan fingerprint density at radius 3 is 2.87 bits per heavy atom. The number of benzene rings is 1. The lowest BCUT2D eigenvalue weighted by Gasteiger charge is -2.35. The zero-order valence-electron chi connectivity index (χ0n) is 17.6. The molecule has 1 aliphatic heterocycles. The summed E-state index contributed by atoms with van der Waals surface area (Å²) in [5, 5.41) is 5.47. The summed E-state index contributed by atoms with van der Waals surface area (Å²) in [7, 11) is 1.62. The summed E-state index contributed by atoms with van der Waals surface area (Å²) in [4.78, 5) is 16.2. The number of para-hydroxylation sites is 1. The van der Waals surface area contributed by atoms with Crippen LogP contribution in [-0.2, 0) is 18.4 Å². The second-order valence-electron chi connectivity index (χ2n) is 8.44. The first-order chi connectivity index (χ1) is 14.4. The molecule has 0 saturated heterocycles. The average molecular weight is 407 g/mol. The molecule has 4 aromatic rings. The van der Waals surface area contributed by atoms with Crippen LogP contribution in [0.3, 0.4) is 0 Å². The molecule has 156 valence electrons. The molecule has 0 unspecified atom stereocenters. The first-order valence-corrected chi connectivity index (χ1v) is 10.0. The lowest BCUT2D eigenvalue weighted by atomic mass is 9.84. The third-order valence-corrected chi connectivity index (χ3v) is 5.64. The summed E-state index contributed by atoms with van der Waals surface area (Å²) in [5.41, 5.74) is 8.55. The van der Waals surface area contributed by atoms with E-state index in [9.17, 15) is 0 Å². The number of nitrogens with zero attached hydrogens (tertiary/aromatic N) is 6. The van der Waals surface area contributed by atoms with E-state index in [2.05, 4.69) is 33.8 Å². The molecule has 9 heteroatoms. The van der Waals surface area contributed by atoms with E-state index >= 15 is 0 Å². The second-order valence-corrected chi connectivity index (χ2v) is 8.44. The van der Waals surface area contributed by atoms with Crippen molar-refractivity contribution in [3.8, 4) is 5.75 Å². The maximum absolute atomic E-state index is 6.15. The highest BCUT2D eigenvalue weighted by Gasteiger charge is 2.36. The van der Waals surface area contributed by atoms with Crippen LogP contribution in [-0.4, -0.2) is 49.7 Å². The molecule has 0 amide bonds. The van der Waals surface area contributed by atoms with E-state index < -0.39 is 0 Å². The lowest BCUT2D eigenvalue weighted by molar-refractivity contribution is 0.174. The van der Waals surface area contributed by atoms with E-state index in [1.807, 2.05) is 25.1 Å². The fourth-order valence-corrected chi connectivity index (χ4v) is 4.35. The van der Waals surface area contributed by atoms with Gasteiger partial charge in [-0.25, -0.2) is 15.0 Å². The highest BCUT2D eigenvalue weighted by molar-refractivity contribution is 5.95. The third kappa shape index (κ3) is 2.97. The van der Waals surface area contributed by atoms with Crippen LogP contribution < -0.4 is 10.5 Å². The summed E-state index contributed by atoms with van der Waals surface area (Å²) in [6.45, 7) is 8.77. The molecular formula is C21H25N7O2. The summed E-state index contributed by atoms with van der Waals surface area (Å²) in [6, 6.07) is 5.74. The summed E-state index contributed by atoms with van der Waals surface area (Å²) < 4.78 is 12.9. The minimum Gasteiger partial charge on any atom is -0.494 e. The Morgan fingerprint density at radius 1 is 1.23 bits per heavy atom. The number of hydrogen-bond donors (Lipinski definition) is 1. The van der Waals surface area contributed by atoms with E-state index in [0.717, 1.165) is 48.2 Å². The predicted octanol–water partition coefficient (Wildman–Crippen LogP) is 2.50. The topological polar surface area (TPSA) is 108 Å². The normalized spacial score (nSPS) is 16.3. The summed E-state index contributed by atoms with van der Waals surface area (Å²) in [6.07, 6.45) is 0.700. The van der Waals surface area contributed by atoms with Crippen molar-refractivity contribution in [2.24, 2.45) is 0 Å². The van der Waals surface area contributed by atoms with Gasteiger partial charge >= 0.3 is 0 Å². The Morgan fingerprint density at radius 2 is 2.07 bits per heavy atom. The average Bonchev–Trinajstić information content (AvgIpc) is 3.30. The van der Waals surface area contributed by atoms with Gasteiger partial charge in [0.1, 0.15) is 17.0 Å². The third-order valence-electron chi connectivity index (χ3n) is 5.64. The minimum absolute atomic E-state index is 0.0568. The summed E-state index contributed by atoms with van der Waals surface area (Å²) in [5.74, 6) is 3.37. The number of aromatic nitrogens is 5. The van der Waals surface area contributed by atoms with Gasteiger partial charge < -0.3 is 14.9 Å². The van der Waals surface area contributed by atoms with Gasteiger partial charge in [0.25, 0.3) is 0 Å². The van der Waals surface area contributed by atoms with Gasteiger partial charge in [-0.05, 0) is 12.1 Å². The monoisotopic (exact) mass is 407 g/mol. The number of anilines is 1. The van der Waals surface area contributed by atoms with Gasteiger partial charge in [0.05, 0.1) is 19.3 Å². The highest BCUT2D eigenvalue weighted by atomic mass is 16.5. The molecule has 3 aromatic heterocycles. The molecule has 0 radical (unpaired) electrons. The highest BCUT2D eigenvalue weighted by Crippen LogP contribution is 2.33. The van der Waals surface area contributed by atoms with Crippen LogP contribution in [0, 0.1) is 6.92 Å². The van der Waals surface area contributed by atoms with Crippen molar-refractivity contribution in [2.45, 2.75) is 39.2 Å². The molecular weight excluding hydrogens is 382 g/mol. The second kappa shape index (κ2) is 6.66. The molecule has 4 heterocycles. The maximum Gasteiger partial charge on any atom is 0.223 e. The first-order valence-electron chi connectivity index (χ1n) is 10.0. The van der Waals surface area contributed by atoms with Gasteiger partial charge in [0.2, 0.25) is 5.95 Å². The minimum atomic E-state index is -0.0568. The number of rotatable bonds is 4. The Balaban J connectivity index is 1.43. The van der Waals surface area contributed by atoms with E-state index in [-0.39, 0.29) is 5.41 Å². The molecule has 2 N–H and O–H groups in total. The number of methoxy groups -OCH3 is 1. The molecule has 0 bridgehead atoms. The van der Waals surface area contributed by atoms with Crippen molar-refractivity contribution in [1.29, 1.82) is 0 Å². The van der Waals surface area contributed by atoms with Gasteiger partial charge in [-0.3, -0.25) is 4.90 Å². The largest absolute Gasteiger partial charge is 0.494 e. The van der Waals surface area contributed by atoms with Crippen LogP contribution in [0.5, 0.6) is 5.75 Å². The van der Waals surface area contributed by atoms with Crippen LogP contribution in [0.15, 0.2) is 22.6 Å². The fourth-order valence-electron chi connectivity index (χ4n) is 4.35. The van der Waals surface area contributed by atoms with Crippen molar-refractivity contribution in [3.05, 3.63) is 41.4 Å². The number of hydrogen-bond acceptors (Lipinski definition) is 8. The molecule has 9 nitrogen and oxygen atoms in total. The zero-order chi connectivity index (χ0) is 21.0. The van der Waals surface area contributed by atoms with Gasteiger partial charge in [-0.2, -0.15) is 4.52 Å². The Kier molecular flexibility index (Phi) is 4.18. The number of fused-ring (bicyclic) bond motifs is 4. The van der Waals surface area contributed by atoms with Gasteiger partial charge in [0, 0.05) is 37.2 Å². The van der Waals surface area contributed by atoms with Crippen LogP contribution >= 0.6 is 0 Å². The number of oxazole rings is 1. The smallest absolute Gasteiger partial charge is 0.223 e. The number of nitrogen functional groups attached to an aromatic ring is 1. The van der Waals surface area contributed by atoms with Crippen LogP contribution in [0.1, 0.15) is 37.0 Å². The van der Waals surface area contributed by atoms with Gasteiger partial charge in [0.15, 0.2) is 17.4 Å². The summed E-state index contributed by atoms with van der Waals surface area (Å²) >= 11 is 0. The van der Waals surface area contributed by atoms with Crippen molar-refractivity contribution in [2.75, 3.05) is 25.9 Å². The Bertz CT molecular complexity index is 1260. The van der Waals surface area contributed by atoms with E-state index in [1.54, 1.807) is 11.6 Å².